The van der Waals surface area contributed by atoms with Gasteiger partial charge in [-0.1, -0.05) is 75.1 Å². The Morgan fingerprint density at radius 3 is 0.929 bits per heavy atom. The molecule has 87 valence electrons. The monoisotopic (exact) mass is 199 g/mol. The molecular weight excluding hydrogens is 167 g/mol. The molecule has 0 rings (SSSR count). The highest BCUT2D eigenvalue weighted by Crippen LogP contribution is 2.36. The molecule has 0 unspecified atom stereocenters. The predicted octanol–water partition coefficient (Wildman–Crippen LogP) is 4.82. The molecule has 0 aromatic heterocycles. The van der Waals surface area contributed by atoms with E-state index in [2.05, 4.69) is 56.3 Å². The van der Waals surface area contributed by atoms with Crippen molar-refractivity contribution in [1.82, 2.24) is 0 Å². The van der Waals surface area contributed by atoms with Gasteiger partial charge in [-0.2, -0.15) is 0 Å². The summed E-state index contributed by atoms with van der Waals surface area (Å²) in [5.74, 6) is 0. The Balaban J connectivity index is -0.000000170. The first kappa shape index (κ1) is 19.6. The summed E-state index contributed by atoms with van der Waals surface area (Å²) < 4.78 is 0. The Bertz CT molecular complexity index is 78.8. The molecule has 0 aliphatic rings. The first-order valence-electron chi connectivity index (χ1n) is 5.96. The summed E-state index contributed by atoms with van der Waals surface area (Å²) in [5, 5.41) is 0. The van der Waals surface area contributed by atoms with E-state index in [1.165, 1.54) is 6.42 Å². The molecule has 0 aliphatic carbocycles. The minimum Gasteiger partial charge on any atom is -0.0848 e. The lowest BCUT2D eigenvalue weighted by molar-refractivity contribution is 0.157. The molecule has 0 bridgehead atoms. The normalized spacial score (nSPS) is 10.6. The van der Waals surface area contributed by atoms with Crippen LogP contribution in [0.15, 0.2) is 0 Å². The molecule has 0 saturated heterocycles. The topological polar surface area (TPSA) is 0 Å². The van der Waals surface area contributed by atoms with Crippen LogP contribution >= 0.6 is 0 Å². The van der Waals surface area contributed by atoms with Gasteiger partial charge in [0.25, 0.3) is 0 Å². The van der Waals surface area contributed by atoms with Crippen LogP contribution in [0.1, 0.15) is 68.7 Å². The number of hydrogen-bond donors (Lipinski definition) is 0. The standard InChI is InChI=1S/C8H18.C3H8B.C2H6/c1-7(2,3)8(4,5)6;1-2-3-4;1-2/h1-6H3;4H,2-3H2,1H3;1-2H3. The van der Waals surface area contributed by atoms with Crippen molar-refractivity contribution in [3.63, 3.8) is 0 Å². The van der Waals surface area contributed by atoms with Crippen molar-refractivity contribution >= 4 is 7.85 Å². The summed E-state index contributed by atoms with van der Waals surface area (Å²) in [6.45, 7) is 19.7. The molecule has 0 heterocycles. The average molecular weight is 199 g/mol. The molecule has 14 heavy (non-hydrogen) atoms. The van der Waals surface area contributed by atoms with Gasteiger partial charge in [-0.3, -0.25) is 0 Å². The van der Waals surface area contributed by atoms with Crippen LogP contribution in [0.2, 0.25) is 6.32 Å². The Morgan fingerprint density at radius 2 is 0.929 bits per heavy atom. The summed E-state index contributed by atoms with van der Waals surface area (Å²) in [6.07, 6.45) is 2.28. The Hall–Kier alpha value is 0.0649. The molecule has 0 atom stereocenters. The lowest BCUT2D eigenvalue weighted by Gasteiger charge is -2.34. The van der Waals surface area contributed by atoms with Crippen LogP contribution in [0.3, 0.4) is 0 Å². The summed E-state index contributed by atoms with van der Waals surface area (Å²) in [5.41, 5.74) is 0.875. The molecule has 1 radical (unpaired) electrons. The molecule has 0 saturated carbocycles. The second-order valence-corrected chi connectivity index (χ2v) is 5.35. The van der Waals surface area contributed by atoms with Gasteiger partial charge >= 0.3 is 0 Å². The van der Waals surface area contributed by atoms with Crippen LogP contribution in [0, 0.1) is 10.8 Å². The minimum absolute atomic E-state index is 0.437. The van der Waals surface area contributed by atoms with E-state index in [9.17, 15) is 0 Å². The van der Waals surface area contributed by atoms with Gasteiger partial charge in [0, 0.05) is 0 Å². The highest BCUT2D eigenvalue weighted by Gasteiger charge is 2.26. The lowest BCUT2D eigenvalue weighted by atomic mass is 9.71. The zero-order valence-corrected chi connectivity index (χ0v) is 12.1. The molecule has 0 amide bonds. The van der Waals surface area contributed by atoms with E-state index in [1.54, 1.807) is 0 Å². The Labute approximate surface area is 94.3 Å². The maximum absolute atomic E-state index is 3.60. The van der Waals surface area contributed by atoms with E-state index in [0.29, 0.717) is 10.8 Å². The lowest BCUT2D eigenvalue weighted by Crippen LogP contribution is -2.25. The van der Waals surface area contributed by atoms with Crippen LogP contribution in [0.5, 0.6) is 0 Å². The fourth-order valence-corrected chi connectivity index (χ4v) is 0. The van der Waals surface area contributed by atoms with Gasteiger partial charge in [0.2, 0.25) is 0 Å². The molecular formula is C13H32B. The second-order valence-electron chi connectivity index (χ2n) is 5.35. The van der Waals surface area contributed by atoms with Crippen LogP contribution in [-0.4, -0.2) is 7.85 Å². The largest absolute Gasteiger partial charge is 0.0865 e. The van der Waals surface area contributed by atoms with Gasteiger partial charge in [-0.25, -0.2) is 0 Å². The minimum atomic E-state index is 0.437. The van der Waals surface area contributed by atoms with Crippen molar-refractivity contribution in [3.05, 3.63) is 0 Å². The van der Waals surface area contributed by atoms with Gasteiger partial charge < -0.3 is 0 Å². The fraction of sp³-hybridized carbons (Fsp3) is 1.00. The van der Waals surface area contributed by atoms with Crippen molar-refractivity contribution in [3.8, 4) is 0 Å². The van der Waals surface area contributed by atoms with Crippen LogP contribution in [0.4, 0.5) is 0 Å². The molecule has 0 spiro atoms. The maximum atomic E-state index is 3.60. The highest BCUT2D eigenvalue weighted by molar-refractivity contribution is 6.08. The van der Waals surface area contributed by atoms with Crippen LogP contribution in [0.25, 0.3) is 0 Å². The number of rotatable bonds is 1. The van der Waals surface area contributed by atoms with E-state index >= 15 is 0 Å². The van der Waals surface area contributed by atoms with E-state index in [4.69, 9.17) is 0 Å². The first-order valence-corrected chi connectivity index (χ1v) is 5.96. The van der Waals surface area contributed by atoms with Gasteiger partial charge in [0.1, 0.15) is 0 Å². The second kappa shape index (κ2) is 9.61. The van der Waals surface area contributed by atoms with E-state index in [1.807, 2.05) is 13.8 Å². The summed E-state index contributed by atoms with van der Waals surface area (Å²) in [6, 6.07) is 0. The molecule has 0 aromatic rings. The third kappa shape index (κ3) is 14.6. The summed E-state index contributed by atoms with van der Waals surface area (Å²) >= 11 is 0. The Kier molecular flexibility index (Phi) is 13.5. The third-order valence-electron chi connectivity index (χ3n) is 2.60. The van der Waals surface area contributed by atoms with Gasteiger partial charge in [0.15, 0.2) is 0 Å². The van der Waals surface area contributed by atoms with Crippen molar-refractivity contribution in [1.29, 1.82) is 0 Å². The fourth-order valence-electron chi connectivity index (χ4n) is 0. The third-order valence-corrected chi connectivity index (χ3v) is 2.60. The van der Waals surface area contributed by atoms with Crippen molar-refractivity contribution < 1.29 is 0 Å². The van der Waals surface area contributed by atoms with Gasteiger partial charge in [0.05, 0.1) is 7.85 Å². The van der Waals surface area contributed by atoms with E-state index < -0.39 is 0 Å². The predicted molar refractivity (Wildman–Crippen MR) is 72.5 cm³/mol. The van der Waals surface area contributed by atoms with Crippen molar-refractivity contribution in [2.45, 2.75) is 75.1 Å². The van der Waals surface area contributed by atoms with E-state index in [-0.39, 0.29) is 0 Å². The summed E-state index contributed by atoms with van der Waals surface area (Å²) in [4.78, 5) is 0. The van der Waals surface area contributed by atoms with Crippen LogP contribution < -0.4 is 0 Å². The molecule has 0 aromatic carbocycles. The molecule has 1 heteroatoms. The van der Waals surface area contributed by atoms with Crippen LogP contribution in [-0.2, 0) is 0 Å². The first-order chi connectivity index (χ1) is 6.16. The highest BCUT2D eigenvalue weighted by atomic mass is 14.3. The van der Waals surface area contributed by atoms with E-state index in [0.717, 1.165) is 6.32 Å². The van der Waals surface area contributed by atoms with Crippen molar-refractivity contribution in [2.75, 3.05) is 0 Å². The molecule has 0 aliphatic heterocycles. The number of hydrogen-bond acceptors (Lipinski definition) is 0. The Morgan fingerprint density at radius 1 is 0.786 bits per heavy atom. The SMILES string of the molecule is CC.CC(C)(C)C(C)(C)C.[BH]CCC. The zero-order valence-electron chi connectivity index (χ0n) is 12.1. The smallest absolute Gasteiger partial charge is 0.0848 e. The molecule has 0 nitrogen and oxygen atoms in total. The molecule has 0 N–H and O–H groups in total. The molecule has 0 fully saturated rings. The zero-order chi connectivity index (χ0) is 12.4. The van der Waals surface area contributed by atoms with Crippen molar-refractivity contribution in [2.24, 2.45) is 10.8 Å². The maximum Gasteiger partial charge on any atom is 0.0865 e. The van der Waals surface area contributed by atoms with Gasteiger partial charge in [-0.05, 0) is 10.8 Å². The summed E-state index contributed by atoms with van der Waals surface area (Å²) in [7, 11) is 3.60. The van der Waals surface area contributed by atoms with Gasteiger partial charge in [-0.15, -0.1) is 0 Å². The average Bonchev–Trinajstić information content (AvgIpc) is 2.05. The quantitative estimate of drug-likeness (QED) is 0.531.